The first-order valence-corrected chi connectivity index (χ1v) is 11.0. The molecule has 2 saturated heterocycles. The minimum absolute atomic E-state index is 0. The summed E-state index contributed by atoms with van der Waals surface area (Å²) in [5.41, 5.74) is 6.45. The monoisotopic (exact) mass is 431 g/mol. The fraction of sp³-hybridized carbons (Fsp3) is 0.632. The number of hydrogen-bond acceptors (Lipinski definition) is 5. The highest BCUT2D eigenvalue weighted by molar-refractivity contribution is 7.89. The molecule has 2 aliphatic rings. The quantitative estimate of drug-likeness (QED) is 0.771. The van der Waals surface area contributed by atoms with Crippen LogP contribution in [-0.2, 0) is 10.0 Å². The van der Waals surface area contributed by atoms with Crippen molar-refractivity contribution in [2.45, 2.75) is 56.0 Å². The van der Waals surface area contributed by atoms with Gasteiger partial charge in [-0.15, -0.1) is 12.4 Å². The predicted octanol–water partition coefficient (Wildman–Crippen LogP) is 2.24. The summed E-state index contributed by atoms with van der Waals surface area (Å²) in [6.45, 7) is 3.56. The Morgan fingerprint density at radius 1 is 1.18 bits per heavy atom. The van der Waals surface area contributed by atoms with Crippen LogP contribution in [-0.4, -0.2) is 62.4 Å². The number of amides is 1. The molecule has 0 aliphatic carbocycles. The van der Waals surface area contributed by atoms with Gasteiger partial charge in [0.15, 0.2) is 0 Å². The third-order valence-electron chi connectivity index (χ3n) is 5.51. The fourth-order valence-electron chi connectivity index (χ4n) is 4.00. The average molecular weight is 432 g/mol. The Morgan fingerprint density at radius 2 is 1.82 bits per heavy atom. The Kier molecular flexibility index (Phi) is 7.73. The van der Waals surface area contributed by atoms with Crippen molar-refractivity contribution in [1.82, 2.24) is 9.21 Å². The van der Waals surface area contributed by atoms with Gasteiger partial charge in [-0.2, -0.15) is 4.31 Å². The topological polar surface area (TPSA) is 92.9 Å². The number of nitrogens with zero attached hydrogens (tertiary/aromatic N) is 2. The SMILES string of the molecule is COc1ccc(C(=O)N2CCCCC2C(C)N)cc1S(=O)(=O)N1CCCC1.Cl. The van der Waals surface area contributed by atoms with Crippen molar-refractivity contribution in [3.8, 4) is 5.75 Å². The Hall–Kier alpha value is -1.35. The van der Waals surface area contributed by atoms with Gasteiger partial charge in [0.2, 0.25) is 10.0 Å². The van der Waals surface area contributed by atoms with Gasteiger partial charge in [0, 0.05) is 37.3 Å². The lowest BCUT2D eigenvalue weighted by atomic mass is 9.96. The van der Waals surface area contributed by atoms with E-state index in [0.717, 1.165) is 32.1 Å². The highest BCUT2D eigenvalue weighted by atomic mass is 35.5. The van der Waals surface area contributed by atoms with Gasteiger partial charge in [-0.25, -0.2) is 8.42 Å². The van der Waals surface area contributed by atoms with Gasteiger partial charge in [0.05, 0.1) is 7.11 Å². The van der Waals surface area contributed by atoms with Gasteiger partial charge in [-0.3, -0.25) is 4.79 Å². The molecular weight excluding hydrogens is 402 g/mol. The lowest BCUT2D eigenvalue weighted by molar-refractivity contribution is 0.0583. The number of carbonyl (C=O) groups is 1. The highest BCUT2D eigenvalue weighted by Gasteiger charge is 2.33. The molecule has 0 aromatic heterocycles. The van der Waals surface area contributed by atoms with E-state index in [2.05, 4.69) is 0 Å². The zero-order chi connectivity index (χ0) is 19.6. The van der Waals surface area contributed by atoms with E-state index in [1.807, 2.05) is 6.92 Å². The molecule has 2 fully saturated rings. The summed E-state index contributed by atoms with van der Waals surface area (Å²) in [7, 11) is -2.24. The van der Waals surface area contributed by atoms with E-state index in [4.69, 9.17) is 10.5 Å². The van der Waals surface area contributed by atoms with Crippen LogP contribution in [0.15, 0.2) is 23.1 Å². The number of likely N-dealkylation sites (tertiary alicyclic amines) is 1. The molecule has 28 heavy (non-hydrogen) atoms. The summed E-state index contributed by atoms with van der Waals surface area (Å²) in [5, 5.41) is 0. The standard InChI is InChI=1S/C19H29N3O4S.ClH/c1-14(20)16-7-3-4-12-22(16)19(23)15-8-9-17(26-2)18(13-15)27(24,25)21-10-5-6-11-21;/h8-9,13-14,16H,3-7,10-12,20H2,1-2H3;1H. The van der Waals surface area contributed by atoms with Crippen molar-refractivity contribution in [3.05, 3.63) is 23.8 Å². The molecule has 0 saturated carbocycles. The lowest BCUT2D eigenvalue weighted by Crippen LogP contribution is -2.51. The van der Waals surface area contributed by atoms with Crippen molar-refractivity contribution >= 4 is 28.3 Å². The van der Waals surface area contributed by atoms with Crippen LogP contribution in [0.5, 0.6) is 5.75 Å². The molecule has 2 N–H and O–H groups in total. The molecule has 2 heterocycles. The molecule has 2 atom stereocenters. The van der Waals surface area contributed by atoms with Gasteiger partial charge in [0.25, 0.3) is 5.91 Å². The first-order valence-electron chi connectivity index (χ1n) is 9.61. The van der Waals surface area contributed by atoms with Crippen LogP contribution in [0.4, 0.5) is 0 Å². The van der Waals surface area contributed by atoms with Crippen molar-refractivity contribution < 1.29 is 17.9 Å². The van der Waals surface area contributed by atoms with E-state index in [0.29, 0.717) is 25.2 Å². The van der Waals surface area contributed by atoms with E-state index in [1.165, 1.54) is 17.5 Å². The van der Waals surface area contributed by atoms with E-state index in [9.17, 15) is 13.2 Å². The second-order valence-electron chi connectivity index (χ2n) is 7.40. The molecule has 158 valence electrons. The number of hydrogen-bond donors (Lipinski definition) is 1. The van der Waals surface area contributed by atoms with Crippen LogP contribution < -0.4 is 10.5 Å². The van der Waals surface area contributed by atoms with E-state index in [-0.39, 0.29) is 41.0 Å². The highest BCUT2D eigenvalue weighted by Crippen LogP contribution is 2.31. The number of ether oxygens (including phenoxy) is 1. The van der Waals surface area contributed by atoms with Gasteiger partial charge in [-0.05, 0) is 57.2 Å². The number of benzene rings is 1. The molecule has 2 unspecified atom stereocenters. The van der Waals surface area contributed by atoms with Crippen LogP contribution in [0.25, 0.3) is 0 Å². The summed E-state index contributed by atoms with van der Waals surface area (Å²) in [5.74, 6) is 0.0957. The van der Waals surface area contributed by atoms with Crippen molar-refractivity contribution in [2.24, 2.45) is 5.73 Å². The number of nitrogens with two attached hydrogens (primary N) is 1. The Labute approximate surface area is 173 Å². The van der Waals surface area contributed by atoms with E-state index < -0.39 is 10.0 Å². The van der Waals surface area contributed by atoms with Crippen LogP contribution in [0.3, 0.4) is 0 Å². The summed E-state index contributed by atoms with van der Waals surface area (Å²) in [4.78, 5) is 15.0. The maximum Gasteiger partial charge on any atom is 0.254 e. The second-order valence-corrected chi connectivity index (χ2v) is 9.30. The first kappa shape index (κ1) is 22.9. The molecule has 2 aliphatic heterocycles. The lowest BCUT2D eigenvalue weighted by Gasteiger charge is -2.38. The van der Waals surface area contributed by atoms with Crippen molar-refractivity contribution in [1.29, 1.82) is 0 Å². The summed E-state index contributed by atoms with van der Waals surface area (Å²) in [6, 6.07) is 4.52. The number of rotatable bonds is 5. The summed E-state index contributed by atoms with van der Waals surface area (Å²) < 4.78 is 32.8. The molecule has 7 nitrogen and oxygen atoms in total. The maximum atomic E-state index is 13.1. The Balaban J connectivity index is 0.00000280. The van der Waals surface area contributed by atoms with Gasteiger partial charge in [0.1, 0.15) is 10.6 Å². The number of piperidine rings is 1. The molecule has 3 rings (SSSR count). The van der Waals surface area contributed by atoms with E-state index >= 15 is 0 Å². The number of sulfonamides is 1. The van der Waals surface area contributed by atoms with Gasteiger partial charge >= 0.3 is 0 Å². The molecule has 1 amide bonds. The summed E-state index contributed by atoms with van der Waals surface area (Å²) in [6.07, 6.45) is 4.56. The molecule has 0 radical (unpaired) electrons. The molecule has 0 spiro atoms. The van der Waals surface area contributed by atoms with Crippen LogP contribution in [0.2, 0.25) is 0 Å². The van der Waals surface area contributed by atoms with Gasteiger partial charge in [-0.1, -0.05) is 0 Å². The number of methoxy groups -OCH3 is 1. The molecule has 0 bridgehead atoms. The second kappa shape index (κ2) is 9.43. The predicted molar refractivity (Wildman–Crippen MR) is 111 cm³/mol. The zero-order valence-corrected chi connectivity index (χ0v) is 18.1. The number of carbonyl (C=O) groups excluding carboxylic acids is 1. The smallest absolute Gasteiger partial charge is 0.254 e. The molecule has 9 heteroatoms. The third kappa shape index (κ3) is 4.45. The first-order chi connectivity index (χ1) is 12.9. The Bertz CT molecular complexity index is 794. The van der Waals surface area contributed by atoms with Crippen LogP contribution >= 0.6 is 12.4 Å². The Morgan fingerprint density at radius 3 is 2.43 bits per heavy atom. The third-order valence-corrected chi connectivity index (χ3v) is 7.43. The van der Waals surface area contributed by atoms with Crippen LogP contribution in [0, 0.1) is 0 Å². The maximum absolute atomic E-state index is 13.1. The van der Waals surface area contributed by atoms with Crippen LogP contribution in [0.1, 0.15) is 49.4 Å². The molecular formula is C19H30ClN3O4S. The fourth-order valence-corrected chi connectivity index (χ4v) is 5.70. The van der Waals surface area contributed by atoms with Gasteiger partial charge < -0.3 is 15.4 Å². The largest absolute Gasteiger partial charge is 0.495 e. The molecule has 1 aromatic rings. The molecule has 1 aromatic carbocycles. The average Bonchev–Trinajstić information content (AvgIpc) is 3.22. The zero-order valence-electron chi connectivity index (χ0n) is 16.5. The van der Waals surface area contributed by atoms with Crippen molar-refractivity contribution in [2.75, 3.05) is 26.7 Å². The summed E-state index contributed by atoms with van der Waals surface area (Å²) >= 11 is 0. The minimum Gasteiger partial charge on any atom is -0.495 e. The van der Waals surface area contributed by atoms with E-state index in [1.54, 1.807) is 17.0 Å². The number of halogens is 1. The normalized spacial score (nSPS) is 21.8. The van der Waals surface area contributed by atoms with Crippen molar-refractivity contribution in [3.63, 3.8) is 0 Å². The minimum atomic E-state index is -3.69.